The third-order valence-electron chi connectivity index (χ3n) is 8.36. The highest BCUT2D eigenvalue weighted by molar-refractivity contribution is 6.11. The van der Waals surface area contributed by atoms with Crippen LogP contribution in [-0.4, -0.2) is 9.97 Å². The van der Waals surface area contributed by atoms with E-state index in [1.165, 1.54) is 44.2 Å². The molecule has 0 atom stereocenters. The minimum absolute atomic E-state index is 0.344. The quantitative estimate of drug-likeness (QED) is 0.202. The average molecular weight is 543 g/mol. The zero-order chi connectivity index (χ0) is 28.8. The van der Waals surface area contributed by atoms with Crippen molar-refractivity contribution in [2.45, 2.75) is 39.5 Å². The van der Waals surface area contributed by atoms with Crippen molar-refractivity contribution in [3.05, 3.63) is 133 Å². The van der Waals surface area contributed by atoms with Gasteiger partial charge in [-0.3, -0.25) is 9.97 Å². The summed E-state index contributed by atoms with van der Waals surface area (Å²) in [5.41, 5.74) is 11.5. The van der Waals surface area contributed by atoms with Gasteiger partial charge in [0.25, 0.3) is 0 Å². The molecule has 0 saturated carbocycles. The number of hydrogen-bond donors (Lipinski definition) is 0. The van der Waals surface area contributed by atoms with Crippen LogP contribution < -0.4 is 0 Å². The Morgan fingerprint density at radius 2 is 0.952 bits per heavy atom. The standard InChI is InChI=1S/C40H34N2/c1-25(2)37-21-17-30-24-36(35-20-22-38(26(3)4)42-40(35)39(30)41-37)29-14-10-13-28(23-29)32-19-18-31(27-11-6-5-7-12-27)33-15-8-9-16-34(32)33/h5-26H,1-4H3. The first-order chi connectivity index (χ1) is 20.5. The molecule has 0 saturated heterocycles. The predicted octanol–water partition coefficient (Wildman–Crippen LogP) is 11.2. The van der Waals surface area contributed by atoms with Crippen LogP contribution in [0.15, 0.2) is 121 Å². The molecule has 0 radical (unpaired) electrons. The SMILES string of the molecule is CC(C)c1ccc2cc(-c3cccc(-c4ccc(-c5ccccc5)c5ccccc45)c3)c3ccc(C(C)C)nc3c2n1. The van der Waals surface area contributed by atoms with Gasteiger partial charge in [0, 0.05) is 22.2 Å². The summed E-state index contributed by atoms with van der Waals surface area (Å²) in [5.74, 6) is 0.703. The molecule has 2 heteroatoms. The average Bonchev–Trinajstić information content (AvgIpc) is 3.03. The van der Waals surface area contributed by atoms with Crippen LogP contribution in [0.2, 0.25) is 0 Å². The van der Waals surface area contributed by atoms with Crippen LogP contribution in [0, 0.1) is 0 Å². The number of rotatable bonds is 5. The lowest BCUT2D eigenvalue weighted by Gasteiger charge is -2.16. The molecular formula is C40H34N2. The lowest BCUT2D eigenvalue weighted by molar-refractivity contribution is 0.826. The largest absolute Gasteiger partial charge is 0.250 e. The fourth-order valence-corrected chi connectivity index (χ4v) is 6.05. The number of pyridine rings is 2. The molecule has 7 aromatic rings. The van der Waals surface area contributed by atoms with Gasteiger partial charge in [0.2, 0.25) is 0 Å². The molecule has 0 spiro atoms. The Kier molecular flexibility index (Phi) is 6.55. The van der Waals surface area contributed by atoms with Crippen molar-refractivity contribution in [1.82, 2.24) is 9.97 Å². The molecule has 0 fully saturated rings. The smallest absolute Gasteiger partial charge is 0.0974 e. The minimum atomic E-state index is 0.344. The molecule has 0 aliphatic rings. The van der Waals surface area contributed by atoms with Crippen LogP contribution in [-0.2, 0) is 0 Å². The minimum Gasteiger partial charge on any atom is -0.250 e. The first-order valence-corrected chi connectivity index (χ1v) is 14.9. The lowest BCUT2D eigenvalue weighted by Crippen LogP contribution is -1.98. The van der Waals surface area contributed by atoms with E-state index >= 15 is 0 Å². The van der Waals surface area contributed by atoms with E-state index in [4.69, 9.17) is 9.97 Å². The number of fused-ring (bicyclic) bond motifs is 4. The highest BCUT2D eigenvalue weighted by Crippen LogP contribution is 2.39. The van der Waals surface area contributed by atoms with Crippen molar-refractivity contribution in [3.8, 4) is 33.4 Å². The zero-order valence-electron chi connectivity index (χ0n) is 24.6. The maximum Gasteiger partial charge on any atom is 0.0974 e. The molecule has 0 amide bonds. The summed E-state index contributed by atoms with van der Waals surface area (Å²) in [5, 5.41) is 4.79. The second-order valence-electron chi connectivity index (χ2n) is 11.8. The maximum atomic E-state index is 5.19. The fraction of sp³-hybridized carbons (Fsp3) is 0.150. The number of nitrogens with zero attached hydrogens (tertiary/aromatic N) is 2. The molecule has 204 valence electrons. The van der Waals surface area contributed by atoms with Gasteiger partial charge in [-0.2, -0.15) is 0 Å². The third-order valence-corrected chi connectivity index (χ3v) is 8.36. The van der Waals surface area contributed by atoms with Gasteiger partial charge in [-0.1, -0.05) is 125 Å². The van der Waals surface area contributed by atoms with Crippen LogP contribution in [0.5, 0.6) is 0 Å². The topological polar surface area (TPSA) is 25.8 Å². The Balaban J connectivity index is 1.43. The van der Waals surface area contributed by atoms with E-state index in [1.54, 1.807) is 0 Å². The number of hydrogen-bond acceptors (Lipinski definition) is 2. The molecule has 5 aromatic carbocycles. The van der Waals surface area contributed by atoms with Crippen LogP contribution in [0.25, 0.3) is 66.0 Å². The molecule has 0 N–H and O–H groups in total. The van der Waals surface area contributed by atoms with Gasteiger partial charge in [-0.25, -0.2) is 0 Å². The molecule has 7 rings (SSSR count). The Morgan fingerprint density at radius 1 is 0.405 bits per heavy atom. The van der Waals surface area contributed by atoms with Gasteiger partial charge in [-0.05, 0) is 80.3 Å². The summed E-state index contributed by atoms with van der Waals surface area (Å²) in [6.07, 6.45) is 0. The van der Waals surface area contributed by atoms with Crippen LogP contribution in [0.3, 0.4) is 0 Å². The van der Waals surface area contributed by atoms with Crippen molar-refractivity contribution in [2.24, 2.45) is 0 Å². The van der Waals surface area contributed by atoms with Gasteiger partial charge in [-0.15, -0.1) is 0 Å². The van der Waals surface area contributed by atoms with E-state index in [2.05, 4.69) is 149 Å². The predicted molar refractivity (Wildman–Crippen MR) is 179 cm³/mol. The second-order valence-corrected chi connectivity index (χ2v) is 11.8. The molecule has 0 bridgehead atoms. The first kappa shape index (κ1) is 26.1. The second kappa shape index (κ2) is 10.5. The highest BCUT2D eigenvalue weighted by atomic mass is 14.8. The number of benzene rings is 5. The summed E-state index contributed by atoms with van der Waals surface area (Å²) in [6.45, 7) is 8.78. The van der Waals surface area contributed by atoms with E-state index in [9.17, 15) is 0 Å². The van der Waals surface area contributed by atoms with E-state index in [0.29, 0.717) is 11.8 Å². The Morgan fingerprint density at radius 3 is 1.62 bits per heavy atom. The normalized spacial score (nSPS) is 11.8. The van der Waals surface area contributed by atoms with Gasteiger partial charge < -0.3 is 0 Å². The molecule has 2 aromatic heterocycles. The highest BCUT2D eigenvalue weighted by Gasteiger charge is 2.16. The summed E-state index contributed by atoms with van der Waals surface area (Å²) < 4.78 is 0. The summed E-state index contributed by atoms with van der Waals surface area (Å²) in [4.78, 5) is 10.3. The van der Waals surface area contributed by atoms with Crippen molar-refractivity contribution >= 4 is 32.6 Å². The van der Waals surface area contributed by atoms with E-state index in [1.807, 2.05) is 0 Å². The van der Waals surface area contributed by atoms with Crippen LogP contribution in [0.4, 0.5) is 0 Å². The summed E-state index contributed by atoms with van der Waals surface area (Å²) >= 11 is 0. The Hall–Kier alpha value is -4.82. The van der Waals surface area contributed by atoms with Crippen LogP contribution >= 0.6 is 0 Å². The van der Waals surface area contributed by atoms with Crippen molar-refractivity contribution < 1.29 is 0 Å². The molecule has 2 heterocycles. The maximum absolute atomic E-state index is 5.19. The van der Waals surface area contributed by atoms with Crippen molar-refractivity contribution in [2.75, 3.05) is 0 Å². The summed E-state index contributed by atoms with van der Waals surface area (Å²) in [6, 6.07) is 44.0. The lowest BCUT2D eigenvalue weighted by atomic mass is 9.90. The summed E-state index contributed by atoms with van der Waals surface area (Å²) in [7, 11) is 0. The first-order valence-electron chi connectivity index (χ1n) is 14.9. The fourth-order valence-electron chi connectivity index (χ4n) is 6.05. The van der Waals surface area contributed by atoms with Crippen LogP contribution in [0.1, 0.15) is 50.9 Å². The third kappa shape index (κ3) is 4.54. The molecule has 0 aliphatic carbocycles. The Labute approximate surface area is 247 Å². The molecule has 0 aliphatic heterocycles. The Bertz CT molecular complexity index is 2090. The van der Waals surface area contributed by atoms with Crippen molar-refractivity contribution in [1.29, 1.82) is 0 Å². The van der Waals surface area contributed by atoms with Gasteiger partial charge in [0.15, 0.2) is 0 Å². The number of aromatic nitrogens is 2. The molecule has 2 nitrogen and oxygen atoms in total. The van der Waals surface area contributed by atoms with E-state index < -0.39 is 0 Å². The van der Waals surface area contributed by atoms with E-state index in [-0.39, 0.29) is 0 Å². The molecule has 0 unspecified atom stereocenters. The monoisotopic (exact) mass is 542 g/mol. The molecule has 42 heavy (non-hydrogen) atoms. The van der Waals surface area contributed by atoms with Crippen molar-refractivity contribution in [3.63, 3.8) is 0 Å². The van der Waals surface area contributed by atoms with E-state index in [0.717, 1.165) is 33.2 Å². The van der Waals surface area contributed by atoms with Gasteiger partial charge in [0.1, 0.15) is 0 Å². The van der Waals surface area contributed by atoms with Gasteiger partial charge in [0.05, 0.1) is 11.0 Å². The van der Waals surface area contributed by atoms with Gasteiger partial charge >= 0.3 is 0 Å². The molecular weight excluding hydrogens is 508 g/mol. The zero-order valence-corrected chi connectivity index (χ0v) is 24.6.